The molecule has 1 aromatic carbocycles. The number of allylic oxidation sites excluding steroid dienone is 5. The molecule has 0 saturated carbocycles. The molecule has 6 nitrogen and oxygen atoms in total. The molecule has 184 valence electrons. The van der Waals surface area contributed by atoms with Gasteiger partial charge < -0.3 is 15.0 Å². The van der Waals surface area contributed by atoms with Crippen LogP contribution in [0, 0.1) is 11.8 Å². The minimum absolute atomic E-state index is 0.186. The average molecular weight is 472 g/mol. The Hall–Kier alpha value is -3.12. The van der Waals surface area contributed by atoms with Crippen molar-refractivity contribution < 1.29 is 4.74 Å². The van der Waals surface area contributed by atoms with Crippen LogP contribution in [0.1, 0.15) is 38.2 Å². The maximum atomic E-state index is 6.22. The van der Waals surface area contributed by atoms with Gasteiger partial charge in [0.2, 0.25) is 5.96 Å². The van der Waals surface area contributed by atoms with E-state index in [0.717, 1.165) is 62.0 Å². The van der Waals surface area contributed by atoms with E-state index in [9.17, 15) is 0 Å². The molecule has 4 aliphatic rings. The normalized spacial score (nSPS) is 26.6. The number of anilines is 1. The van der Waals surface area contributed by atoms with E-state index >= 15 is 0 Å². The van der Waals surface area contributed by atoms with Crippen molar-refractivity contribution in [1.82, 2.24) is 9.80 Å². The zero-order chi connectivity index (χ0) is 24.0. The Morgan fingerprint density at radius 2 is 2.00 bits per heavy atom. The zero-order valence-electron chi connectivity index (χ0n) is 21.0. The van der Waals surface area contributed by atoms with Crippen LogP contribution in [0.2, 0.25) is 0 Å². The number of hydrogen-bond acceptors (Lipinski definition) is 6. The Labute approximate surface area is 209 Å². The van der Waals surface area contributed by atoms with Crippen molar-refractivity contribution in [2.45, 2.75) is 39.2 Å². The molecule has 1 fully saturated rings. The van der Waals surface area contributed by atoms with Gasteiger partial charge in [0.1, 0.15) is 5.82 Å². The van der Waals surface area contributed by atoms with Crippen molar-refractivity contribution >= 4 is 17.4 Å². The highest BCUT2D eigenvalue weighted by atomic mass is 16.5. The summed E-state index contributed by atoms with van der Waals surface area (Å²) in [6.45, 7) is 6.86. The van der Waals surface area contributed by atoms with Crippen LogP contribution in [0.3, 0.4) is 0 Å². The van der Waals surface area contributed by atoms with Gasteiger partial charge in [-0.2, -0.15) is 4.99 Å². The Morgan fingerprint density at radius 3 is 2.89 bits per heavy atom. The highest BCUT2D eigenvalue weighted by molar-refractivity contribution is 6.06. The summed E-state index contributed by atoms with van der Waals surface area (Å²) in [5.41, 5.74) is 3.41. The van der Waals surface area contributed by atoms with Crippen LogP contribution in [0.4, 0.5) is 5.69 Å². The first-order valence-electron chi connectivity index (χ1n) is 13.0. The number of likely N-dealkylation sites (tertiary alicyclic amines) is 1. The van der Waals surface area contributed by atoms with Crippen LogP contribution in [-0.2, 0) is 11.3 Å². The molecule has 2 unspecified atom stereocenters. The Balaban J connectivity index is 1.49. The monoisotopic (exact) mass is 471 g/mol. The topological polar surface area (TPSA) is 52.5 Å². The number of ether oxygens (including phenoxy) is 1. The number of benzene rings is 1. The molecule has 0 amide bonds. The molecule has 1 N–H and O–H groups in total. The van der Waals surface area contributed by atoms with E-state index in [1.54, 1.807) is 0 Å². The van der Waals surface area contributed by atoms with Gasteiger partial charge in [-0.1, -0.05) is 43.4 Å². The molecule has 35 heavy (non-hydrogen) atoms. The smallest absolute Gasteiger partial charge is 0.229 e. The first-order chi connectivity index (χ1) is 17.2. The predicted octanol–water partition coefficient (Wildman–Crippen LogP) is 5.35. The molecule has 2 atom stereocenters. The number of rotatable bonds is 1. The van der Waals surface area contributed by atoms with Gasteiger partial charge in [0.15, 0.2) is 0 Å². The fraction of sp³-hybridized carbons (Fsp3) is 0.448. The van der Waals surface area contributed by atoms with Crippen molar-refractivity contribution in [3.63, 3.8) is 0 Å². The lowest BCUT2D eigenvalue weighted by Crippen LogP contribution is -2.26. The first kappa shape index (κ1) is 23.6. The molecule has 0 aromatic heterocycles. The summed E-state index contributed by atoms with van der Waals surface area (Å²) in [6.07, 6.45) is 17.4. The first-order valence-corrected chi connectivity index (χ1v) is 13.0. The van der Waals surface area contributed by atoms with Gasteiger partial charge in [0.05, 0.1) is 12.4 Å². The van der Waals surface area contributed by atoms with Crippen LogP contribution < -0.4 is 5.32 Å². The number of aliphatic imine (C=N–C) groups is 2. The fourth-order valence-corrected chi connectivity index (χ4v) is 5.18. The lowest BCUT2D eigenvalue weighted by atomic mass is 9.83. The minimum atomic E-state index is 0.186. The Bertz CT molecular complexity index is 1090. The summed E-state index contributed by atoms with van der Waals surface area (Å²) >= 11 is 0. The number of nitrogens with zero attached hydrogens (tertiary/aromatic N) is 4. The summed E-state index contributed by atoms with van der Waals surface area (Å²) in [5.74, 6) is 3.17. The number of hydrogen-bond donors (Lipinski definition) is 1. The van der Waals surface area contributed by atoms with E-state index in [0.29, 0.717) is 12.6 Å². The molecule has 1 saturated heterocycles. The Kier molecular flexibility index (Phi) is 7.48. The van der Waals surface area contributed by atoms with E-state index in [1.165, 1.54) is 18.4 Å². The molecule has 6 bridgehead atoms. The fourth-order valence-electron chi connectivity index (χ4n) is 5.18. The largest absolute Gasteiger partial charge is 0.497 e. The summed E-state index contributed by atoms with van der Waals surface area (Å²) < 4.78 is 6.22. The van der Waals surface area contributed by atoms with Gasteiger partial charge >= 0.3 is 0 Å². The van der Waals surface area contributed by atoms with E-state index in [-0.39, 0.29) is 11.8 Å². The van der Waals surface area contributed by atoms with Crippen molar-refractivity contribution in [1.29, 1.82) is 0 Å². The van der Waals surface area contributed by atoms with Crippen molar-refractivity contribution in [2.75, 3.05) is 38.6 Å². The number of nitrogens with one attached hydrogen (secondary N) is 1. The lowest BCUT2D eigenvalue weighted by molar-refractivity contribution is 0.178. The van der Waals surface area contributed by atoms with Gasteiger partial charge in [-0.25, -0.2) is 4.99 Å². The molecule has 3 heterocycles. The van der Waals surface area contributed by atoms with Crippen LogP contribution >= 0.6 is 0 Å². The van der Waals surface area contributed by atoms with E-state index < -0.39 is 0 Å². The second kappa shape index (κ2) is 11.1. The second-order valence-corrected chi connectivity index (χ2v) is 9.90. The van der Waals surface area contributed by atoms with Crippen molar-refractivity contribution in [3.05, 3.63) is 77.9 Å². The maximum absolute atomic E-state index is 6.22. The highest BCUT2D eigenvalue weighted by Crippen LogP contribution is 2.31. The average Bonchev–Trinajstić information content (AvgIpc) is 3.31. The van der Waals surface area contributed by atoms with Crippen molar-refractivity contribution in [2.24, 2.45) is 21.8 Å². The van der Waals surface area contributed by atoms with Gasteiger partial charge in [-0.3, -0.25) is 4.90 Å². The van der Waals surface area contributed by atoms with Crippen molar-refractivity contribution in [3.8, 4) is 0 Å². The van der Waals surface area contributed by atoms with Gasteiger partial charge in [0.25, 0.3) is 0 Å². The third-order valence-electron chi connectivity index (χ3n) is 7.12. The molecular weight excluding hydrogens is 434 g/mol. The SMILES string of the molecule is CC1C2=CC=CC1C1=NC(=NC(N3CCCC3)=CC1)Nc1cccc(c1)CN(C)C/C=C/CCO2. The van der Waals surface area contributed by atoms with E-state index in [1.807, 2.05) is 0 Å². The molecule has 1 aromatic rings. The van der Waals surface area contributed by atoms with Gasteiger partial charge in [-0.15, -0.1) is 0 Å². The maximum Gasteiger partial charge on any atom is 0.229 e. The number of likely N-dealkylation sites (N-methyl/N-ethyl adjacent to an activating group) is 1. The summed E-state index contributed by atoms with van der Waals surface area (Å²) in [5, 5.41) is 3.54. The number of fused-ring (bicyclic) bond motifs is 6. The second-order valence-electron chi connectivity index (χ2n) is 9.90. The van der Waals surface area contributed by atoms with E-state index in [4.69, 9.17) is 14.7 Å². The quantitative estimate of drug-likeness (QED) is 0.561. The summed E-state index contributed by atoms with van der Waals surface area (Å²) in [6, 6.07) is 8.60. The molecule has 6 heteroatoms. The van der Waals surface area contributed by atoms with E-state index in [2.05, 4.69) is 89.8 Å². The molecule has 0 spiro atoms. The molecule has 5 rings (SSSR count). The zero-order valence-corrected chi connectivity index (χ0v) is 21.0. The summed E-state index contributed by atoms with van der Waals surface area (Å²) in [7, 11) is 2.15. The highest BCUT2D eigenvalue weighted by Gasteiger charge is 2.28. The van der Waals surface area contributed by atoms with Gasteiger partial charge in [-0.05, 0) is 56.2 Å². The van der Waals surface area contributed by atoms with Crippen LogP contribution in [0.15, 0.2) is 82.3 Å². The van der Waals surface area contributed by atoms with Gasteiger partial charge in [0, 0.05) is 55.8 Å². The summed E-state index contributed by atoms with van der Waals surface area (Å²) in [4.78, 5) is 14.8. The molecule has 3 aliphatic heterocycles. The predicted molar refractivity (Wildman–Crippen MR) is 144 cm³/mol. The minimum Gasteiger partial charge on any atom is -0.497 e. The van der Waals surface area contributed by atoms with Crippen LogP contribution in [0.5, 0.6) is 0 Å². The third kappa shape index (κ3) is 5.93. The lowest BCUT2D eigenvalue weighted by Gasteiger charge is -2.27. The molecule has 1 aliphatic carbocycles. The Morgan fingerprint density at radius 1 is 1.11 bits per heavy atom. The van der Waals surface area contributed by atoms with Crippen LogP contribution in [-0.4, -0.2) is 54.8 Å². The standard InChI is InChI=1S/C29H37N5O/c1-22-25-12-9-13-27(22)35-19-7-3-4-16-33(2)21-23-10-8-11-24(20-23)30-29-31-26(25)14-15-28(32-29)34-17-5-6-18-34/h3-4,8-13,15,20,22,25H,5-7,14,16-19,21H2,1-2H3,(H,30,32)/b4-3+. The molecular formula is C29H37N5O. The third-order valence-corrected chi connectivity index (χ3v) is 7.12. The molecule has 0 radical (unpaired) electrons. The van der Waals surface area contributed by atoms with Crippen LogP contribution in [0.25, 0.3) is 0 Å². The number of guanidine groups is 1.